The first-order valence-corrected chi connectivity index (χ1v) is 15.2. The van der Waals surface area contributed by atoms with Crippen LogP contribution in [-0.4, -0.2) is 80.5 Å². The van der Waals surface area contributed by atoms with Crippen LogP contribution in [0.3, 0.4) is 0 Å². The number of alkyl halides is 3. The lowest BCUT2D eigenvalue weighted by molar-refractivity contribution is -0.138. The van der Waals surface area contributed by atoms with Gasteiger partial charge >= 0.3 is 12.3 Å². The Morgan fingerprint density at radius 1 is 1.00 bits per heavy atom. The number of halogens is 3. The summed E-state index contributed by atoms with van der Waals surface area (Å²) in [5, 5.41) is 15.6. The molecule has 0 saturated carbocycles. The fourth-order valence-corrected chi connectivity index (χ4v) is 6.45. The zero-order valence-corrected chi connectivity index (χ0v) is 25.6. The Bertz CT molecular complexity index is 1820. The molecule has 2 aliphatic heterocycles. The fraction of sp³-hybridized carbons (Fsp3) is 0.364. The predicted octanol–water partition coefficient (Wildman–Crippen LogP) is 4.62. The Kier molecular flexibility index (Phi) is 8.76. The second-order valence-corrected chi connectivity index (χ2v) is 11.8. The molecule has 246 valence electrons. The van der Waals surface area contributed by atoms with E-state index in [4.69, 9.17) is 4.74 Å². The molecule has 47 heavy (non-hydrogen) atoms. The first-order valence-electron chi connectivity index (χ1n) is 15.2. The van der Waals surface area contributed by atoms with Gasteiger partial charge in [0, 0.05) is 49.7 Å². The van der Waals surface area contributed by atoms with E-state index in [2.05, 4.69) is 10.1 Å². The molecule has 2 amide bonds. The molecule has 6 rings (SSSR count). The van der Waals surface area contributed by atoms with Gasteiger partial charge in [-0.25, -0.2) is 14.5 Å². The van der Waals surface area contributed by atoms with Crippen molar-refractivity contribution in [3.8, 4) is 5.75 Å². The lowest BCUT2D eigenvalue weighted by Gasteiger charge is -2.42. The summed E-state index contributed by atoms with van der Waals surface area (Å²) < 4.78 is 45.5. The number of carboxylic acid groups (broad SMARTS) is 1. The highest BCUT2D eigenvalue weighted by atomic mass is 19.4. The molecular weight excluding hydrogens is 617 g/mol. The second-order valence-electron chi connectivity index (χ2n) is 11.8. The van der Waals surface area contributed by atoms with Crippen molar-refractivity contribution in [2.75, 3.05) is 31.6 Å². The van der Waals surface area contributed by atoms with E-state index in [1.807, 2.05) is 17.0 Å². The third-order valence-corrected chi connectivity index (χ3v) is 8.81. The number of nitrogens with zero attached hydrogens (tertiary/aromatic N) is 6. The van der Waals surface area contributed by atoms with Crippen LogP contribution in [0.1, 0.15) is 36.1 Å². The average molecular weight is 651 g/mol. The molecule has 2 unspecified atom stereocenters. The van der Waals surface area contributed by atoms with E-state index < -0.39 is 17.8 Å². The highest BCUT2D eigenvalue weighted by molar-refractivity contribution is 5.84. The maximum atomic E-state index is 13.5. The topological polar surface area (TPSA) is 121 Å². The molecule has 1 N–H and O–H groups in total. The summed E-state index contributed by atoms with van der Waals surface area (Å²) in [5.41, 5.74) is 0.0750. The van der Waals surface area contributed by atoms with Crippen LogP contribution in [0, 0.1) is 0 Å². The molecule has 2 fully saturated rings. The van der Waals surface area contributed by atoms with Crippen molar-refractivity contribution in [3.63, 3.8) is 0 Å². The number of methoxy groups -OCH3 is 1. The fourth-order valence-electron chi connectivity index (χ4n) is 6.45. The van der Waals surface area contributed by atoms with Crippen molar-refractivity contribution in [1.82, 2.24) is 24.6 Å². The van der Waals surface area contributed by atoms with Gasteiger partial charge in [0.15, 0.2) is 0 Å². The smallest absolute Gasteiger partial charge is 0.417 e. The number of piperazine rings is 1. The minimum Gasteiger partial charge on any atom is -0.497 e. The maximum absolute atomic E-state index is 13.5. The molecular formula is C33H33F3N6O5. The summed E-state index contributed by atoms with van der Waals surface area (Å²) in [6.45, 7) is 0.806. The van der Waals surface area contributed by atoms with Crippen LogP contribution in [0.2, 0.25) is 0 Å². The summed E-state index contributed by atoms with van der Waals surface area (Å²) in [7, 11) is 1.56. The Morgan fingerprint density at radius 2 is 1.68 bits per heavy atom. The van der Waals surface area contributed by atoms with Crippen molar-refractivity contribution in [3.05, 3.63) is 94.0 Å². The number of fused-ring (bicyclic) bond motifs is 3. The molecule has 0 radical (unpaired) electrons. The van der Waals surface area contributed by atoms with Crippen molar-refractivity contribution in [1.29, 1.82) is 0 Å². The van der Waals surface area contributed by atoms with Crippen LogP contribution >= 0.6 is 0 Å². The van der Waals surface area contributed by atoms with Crippen molar-refractivity contribution >= 4 is 28.6 Å². The third kappa shape index (κ3) is 6.71. The monoisotopic (exact) mass is 650 g/mol. The van der Waals surface area contributed by atoms with E-state index in [-0.39, 0.29) is 49.6 Å². The minimum atomic E-state index is -4.47. The van der Waals surface area contributed by atoms with Gasteiger partial charge in [-0.15, -0.1) is 0 Å². The Balaban J connectivity index is 1.15. The van der Waals surface area contributed by atoms with Crippen LogP contribution in [0.5, 0.6) is 5.75 Å². The van der Waals surface area contributed by atoms with Crippen molar-refractivity contribution < 1.29 is 32.6 Å². The zero-order chi connectivity index (χ0) is 33.3. The molecule has 14 heteroatoms. The Hall–Kier alpha value is -5.14. The predicted molar refractivity (Wildman–Crippen MR) is 166 cm³/mol. The molecule has 2 aromatic heterocycles. The zero-order valence-electron chi connectivity index (χ0n) is 25.6. The van der Waals surface area contributed by atoms with E-state index >= 15 is 0 Å². The highest BCUT2D eigenvalue weighted by Gasteiger charge is 2.43. The Labute approximate surface area is 267 Å². The molecule has 2 aliphatic rings. The van der Waals surface area contributed by atoms with E-state index in [1.54, 1.807) is 48.4 Å². The van der Waals surface area contributed by atoms with E-state index in [1.165, 1.54) is 10.7 Å². The van der Waals surface area contributed by atoms with Gasteiger partial charge in [0.05, 0.1) is 36.8 Å². The number of pyridine rings is 1. The standard InChI is InChI=1S/C33H33F3N6O5/c1-47-25-11-6-21(7-12-25)17-41-31(44)27-5-3-2-4-26(27)28(38-41)20-39(32(45)46)15-14-30(43)42-23-9-10-24(42)19-40(18-23)29-13-8-22(16-37-29)33(34,35)36/h2-8,11-13,16,23-24H,9-10,14-15,17-20H2,1H3,(H,45,46). The number of ether oxygens (including phenoxy) is 1. The molecule has 2 saturated heterocycles. The summed E-state index contributed by atoms with van der Waals surface area (Å²) in [6.07, 6.45) is -3.46. The van der Waals surface area contributed by atoms with E-state index in [9.17, 15) is 32.7 Å². The third-order valence-electron chi connectivity index (χ3n) is 8.81. The number of rotatable bonds is 9. The quantitative estimate of drug-likeness (QED) is 0.279. The molecule has 2 atom stereocenters. The number of anilines is 1. The lowest BCUT2D eigenvalue weighted by Crippen LogP contribution is -2.56. The van der Waals surface area contributed by atoms with Gasteiger partial charge in [0.1, 0.15) is 11.6 Å². The van der Waals surface area contributed by atoms with Crippen molar-refractivity contribution in [2.45, 2.75) is 50.6 Å². The average Bonchev–Trinajstić information content (AvgIpc) is 3.33. The van der Waals surface area contributed by atoms with Gasteiger partial charge in [-0.1, -0.05) is 30.3 Å². The Morgan fingerprint density at radius 3 is 2.28 bits per heavy atom. The SMILES string of the molecule is COc1ccc(Cn2nc(CN(CCC(=O)N3C4CCC3CN(c3ccc(C(F)(F)F)cn3)C4)C(=O)O)c3ccccc3c2=O)cc1. The van der Waals surface area contributed by atoms with Crippen LogP contribution in [0.25, 0.3) is 10.8 Å². The maximum Gasteiger partial charge on any atom is 0.417 e. The second kappa shape index (κ2) is 12.9. The lowest BCUT2D eigenvalue weighted by atomic mass is 10.1. The normalized spacial score (nSPS) is 17.6. The molecule has 0 spiro atoms. The van der Waals surface area contributed by atoms with Crippen molar-refractivity contribution in [2.24, 2.45) is 0 Å². The number of carbonyl (C=O) groups is 2. The first kappa shape index (κ1) is 31.8. The van der Waals surface area contributed by atoms with Gasteiger partial charge in [0.2, 0.25) is 5.91 Å². The largest absolute Gasteiger partial charge is 0.497 e. The number of amides is 2. The summed E-state index contributed by atoms with van der Waals surface area (Å²) in [4.78, 5) is 48.0. The van der Waals surface area contributed by atoms with Crippen LogP contribution in [-0.2, 0) is 24.1 Å². The van der Waals surface area contributed by atoms with E-state index in [0.717, 1.165) is 35.6 Å². The van der Waals surface area contributed by atoms with Gasteiger partial charge in [0.25, 0.3) is 5.56 Å². The first-order chi connectivity index (χ1) is 22.5. The summed E-state index contributed by atoms with van der Waals surface area (Å²) >= 11 is 0. The van der Waals surface area contributed by atoms with Crippen LogP contribution < -0.4 is 15.2 Å². The van der Waals surface area contributed by atoms with E-state index in [0.29, 0.717) is 41.1 Å². The molecule has 2 bridgehead atoms. The van der Waals surface area contributed by atoms with Gasteiger partial charge in [-0.2, -0.15) is 18.3 Å². The van der Waals surface area contributed by atoms with Crippen LogP contribution in [0.15, 0.2) is 71.7 Å². The molecule has 4 heterocycles. The number of carbonyl (C=O) groups excluding carboxylic acids is 1. The number of aromatic nitrogens is 3. The number of benzene rings is 2. The molecule has 4 aromatic rings. The summed E-state index contributed by atoms with van der Waals surface area (Å²) in [5.74, 6) is 0.907. The summed E-state index contributed by atoms with van der Waals surface area (Å²) in [6, 6.07) is 16.1. The van der Waals surface area contributed by atoms with Gasteiger partial charge in [-0.3, -0.25) is 9.59 Å². The molecule has 2 aromatic carbocycles. The molecule has 11 nitrogen and oxygen atoms in total. The highest BCUT2D eigenvalue weighted by Crippen LogP contribution is 2.34. The minimum absolute atomic E-state index is 0.0543. The molecule has 0 aliphatic carbocycles. The number of hydrogen-bond donors (Lipinski definition) is 1. The van der Waals surface area contributed by atoms with Gasteiger partial charge < -0.3 is 24.5 Å². The van der Waals surface area contributed by atoms with Crippen LogP contribution in [0.4, 0.5) is 23.8 Å². The number of hydrogen-bond acceptors (Lipinski definition) is 7. The van der Waals surface area contributed by atoms with Gasteiger partial charge in [-0.05, 0) is 48.7 Å².